The van der Waals surface area contributed by atoms with E-state index in [1.807, 2.05) is 0 Å². The second kappa shape index (κ2) is 6.53. The molecule has 1 fully saturated rings. The van der Waals surface area contributed by atoms with E-state index in [9.17, 15) is 14.7 Å². The summed E-state index contributed by atoms with van der Waals surface area (Å²) in [4.78, 5) is 23.7. The lowest BCUT2D eigenvalue weighted by atomic mass is 10.2. The Hall–Kier alpha value is -3.16. The Morgan fingerprint density at radius 1 is 1.25 bits per heavy atom. The minimum atomic E-state index is -0.662. The monoisotopic (exact) mass is 328 g/mol. The number of carbonyl (C=O) groups is 2. The number of nitrogens with one attached hydrogen (secondary N) is 2. The molecule has 0 radical (unpaired) electrons. The van der Waals surface area contributed by atoms with E-state index < -0.39 is 5.97 Å². The maximum Gasteiger partial charge on any atom is 0.360 e. The van der Waals surface area contributed by atoms with Gasteiger partial charge in [-0.3, -0.25) is 4.79 Å². The predicted molar refractivity (Wildman–Crippen MR) is 86.1 cm³/mol. The van der Waals surface area contributed by atoms with Gasteiger partial charge in [0.2, 0.25) is 5.91 Å². The number of aromatic hydroxyl groups is 1. The van der Waals surface area contributed by atoms with Gasteiger partial charge < -0.3 is 20.5 Å². The highest BCUT2D eigenvalue weighted by atomic mass is 16.5. The van der Waals surface area contributed by atoms with Crippen LogP contribution in [0, 0.1) is 5.92 Å². The first-order chi connectivity index (χ1) is 11.6. The van der Waals surface area contributed by atoms with Gasteiger partial charge >= 0.3 is 5.97 Å². The quantitative estimate of drug-likeness (QED) is 0.720. The fourth-order valence-electron chi connectivity index (χ4n) is 2.11. The lowest BCUT2D eigenvalue weighted by Crippen LogP contribution is -2.17. The van der Waals surface area contributed by atoms with Gasteiger partial charge in [0.15, 0.2) is 11.5 Å². The average Bonchev–Trinajstić information content (AvgIpc) is 3.39. The Morgan fingerprint density at radius 3 is 2.71 bits per heavy atom. The third-order valence-corrected chi connectivity index (χ3v) is 3.50. The lowest BCUT2D eigenvalue weighted by molar-refractivity contribution is -0.117. The van der Waals surface area contributed by atoms with Crippen LogP contribution in [0.4, 0.5) is 17.2 Å². The van der Waals surface area contributed by atoms with Crippen molar-refractivity contribution >= 4 is 29.1 Å². The van der Waals surface area contributed by atoms with Crippen molar-refractivity contribution in [2.75, 3.05) is 17.7 Å². The Bertz CT molecular complexity index is 789. The second-order valence-electron chi connectivity index (χ2n) is 5.42. The summed E-state index contributed by atoms with van der Waals surface area (Å²) in [6, 6.07) is 7.88. The number of rotatable bonds is 5. The number of aromatic nitrogens is 2. The third kappa shape index (κ3) is 3.60. The van der Waals surface area contributed by atoms with Crippen molar-refractivity contribution in [3.8, 4) is 5.75 Å². The number of phenolic OH excluding ortho intramolecular Hbond substituents is 1. The number of nitrogens with zero attached hydrogens (tertiary/aromatic N) is 2. The molecule has 8 nitrogen and oxygen atoms in total. The summed E-state index contributed by atoms with van der Waals surface area (Å²) in [5.41, 5.74) is 0.839. The maximum atomic E-state index is 11.8. The molecule has 0 spiro atoms. The van der Waals surface area contributed by atoms with E-state index in [-0.39, 0.29) is 29.1 Å². The minimum absolute atomic E-state index is 0.0227. The molecule has 24 heavy (non-hydrogen) atoms. The molecule has 0 unspecified atom stereocenters. The maximum absolute atomic E-state index is 11.8. The summed E-state index contributed by atoms with van der Waals surface area (Å²) < 4.78 is 4.69. The highest BCUT2D eigenvalue weighted by Crippen LogP contribution is 2.30. The average molecular weight is 328 g/mol. The fourth-order valence-corrected chi connectivity index (χ4v) is 2.11. The zero-order valence-electron chi connectivity index (χ0n) is 12.9. The Labute approximate surface area is 137 Å². The molecule has 124 valence electrons. The summed E-state index contributed by atoms with van der Waals surface area (Å²) >= 11 is 0. The molecule has 1 aromatic heterocycles. The van der Waals surface area contributed by atoms with Gasteiger partial charge in [0, 0.05) is 23.7 Å². The van der Waals surface area contributed by atoms with Crippen molar-refractivity contribution in [1.82, 2.24) is 10.2 Å². The van der Waals surface area contributed by atoms with Gasteiger partial charge in [-0.25, -0.2) is 4.79 Å². The van der Waals surface area contributed by atoms with Crippen LogP contribution in [0.5, 0.6) is 5.75 Å². The smallest absolute Gasteiger partial charge is 0.360 e. The summed E-state index contributed by atoms with van der Waals surface area (Å²) in [6.45, 7) is 0. The van der Waals surface area contributed by atoms with Crippen LogP contribution < -0.4 is 10.6 Å². The SMILES string of the molecule is COC(=O)c1nnc(NC(=O)C2CC2)cc1Nc1cccc(O)c1. The van der Waals surface area contributed by atoms with Crippen molar-refractivity contribution in [3.63, 3.8) is 0 Å². The van der Waals surface area contributed by atoms with Crippen LogP contribution in [0.3, 0.4) is 0 Å². The van der Waals surface area contributed by atoms with Gasteiger partial charge in [-0.2, -0.15) is 0 Å². The highest BCUT2D eigenvalue weighted by molar-refractivity contribution is 5.97. The summed E-state index contributed by atoms with van der Waals surface area (Å²) in [5, 5.41) is 22.9. The van der Waals surface area contributed by atoms with Crippen LogP contribution in [-0.4, -0.2) is 34.3 Å². The van der Waals surface area contributed by atoms with E-state index in [0.29, 0.717) is 11.4 Å². The lowest BCUT2D eigenvalue weighted by Gasteiger charge is -2.11. The zero-order valence-corrected chi connectivity index (χ0v) is 12.9. The number of phenols is 1. The molecule has 1 aromatic carbocycles. The molecule has 0 saturated heterocycles. The van der Waals surface area contributed by atoms with Gasteiger partial charge in [-0.05, 0) is 25.0 Å². The number of esters is 1. The van der Waals surface area contributed by atoms with Crippen molar-refractivity contribution in [3.05, 3.63) is 36.0 Å². The molecule has 1 heterocycles. The molecule has 3 N–H and O–H groups in total. The normalized spacial score (nSPS) is 13.2. The number of hydrogen-bond donors (Lipinski definition) is 3. The van der Waals surface area contributed by atoms with Crippen molar-refractivity contribution < 1.29 is 19.4 Å². The van der Waals surface area contributed by atoms with E-state index in [4.69, 9.17) is 0 Å². The van der Waals surface area contributed by atoms with Crippen LogP contribution in [0.15, 0.2) is 30.3 Å². The largest absolute Gasteiger partial charge is 0.508 e. The van der Waals surface area contributed by atoms with Crippen LogP contribution in [0.2, 0.25) is 0 Å². The molecular weight excluding hydrogens is 312 g/mol. The summed E-state index contributed by atoms with van der Waals surface area (Å²) in [6.07, 6.45) is 1.74. The Balaban J connectivity index is 1.89. The van der Waals surface area contributed by atoms with Gasteiger partial charge in [-0.15, -0.1) is 10.2 Å². The molecule has 1 saturated carbocycles. The predicted octanol–water partition coefficient (Wildman–Crippen LogP) is 2.06. The first-order valence-electron chi connectivity index (χ1n) is 7.40. The van der Waals surface area contributed by atoms with Crippen LogP contribution in [-0.2, 0) is 9.53 Å². The Kier molecular flexibility index (Phi) is 4.28. The molecule has 0 atom stereocenters. The number of hydrogen-bond acceptors (Lipinski definition) is 7. The standard InChI is InChI=1S/C16H16N4O4/c1-24-16(23)14-12(17-10-3-2-4-11(21)7-10)8-13(19-20-14)18-15(22)9-5-6-9/h2-4,7-9,21H,5-6H2,1H3,(H2,17,18,19,22). The number of ether oxygens (including phenoxy) is 1. The first kappa shape index (κ1) is 15.7. The van der Waals surface area contributed by atoms with Gasteiger partial charge in [-0.1, -0.05) is 6.07 Å². The molecule has 1 amide bonds. The molecule has 1 aliphatic rings. The first-order valence-corrected chi connectivity index (χ1v) is 7.40. The summed E-state index contributed by atoms with van der Waals surface area (Å²) in [5.74, 6) is -0.440. The van der Waals surface area contributed by atoms with Gasteiger partial charge in [0.25, 0.3) is 0 Å². The fraction of sp³-hybridized carbons (Fsp3) is 0.250. The number of amides is 1. The number of carbonyl (C=O) groups excluding carboxylic acids is 2. The summed E-state index contributed by atoms with van der Waals surface area (Å²) in [7, 11) is 1.24. The molecule has 2 aromatic rings. The molecule has 1 aliphatic carbocycles. The van der Waals surface area contributed by atoms with Crippen molar-refractivity contribution in [2.45, 2.75) is 12.8 Å². The Morgan fingerprint density at radius 2 is 2.04 bits per heavy atom. The molecule has 0 aliphatic heterocycles. The molecule has 8 heteroatoms. The topological polar surface area (TPSA) is 113 Å². The third-order valence-electron chi connectivity index (χ3n) is 3.50. The molecular formula is C16H16N4O4. The molecule has 3 rings (SSSR count). The zero-order chi connectivity index (χ0) is 17.1. The number of benzene rings is 1. The van der Waals surface area contributed by atoms with Crippen molar-refractivity contribution in [2.24, 2.45) is 5.92 Å². The second-order valence-corrected chi connectivity index (χ2v) is 5.42. The van der Waals surface area contributed by atoms with E-state index >= 15 is 0 Å². The highest BCUT2D eigenvalue weighted by Gasteiger charge is 2.30. The van der Waals surface area contributed by atoms with Crippen LogP contribution in [0.25, 0.3) is 0 Å². The number of methoxy groups -OCH3 is 1. The van der Waals surface area contributed by atoms with E-state index in [0.717, 1.165) is 12.8 Å². The van der Waals surface area contributed by atoms with E-state index in [2.05, 4.69) is 25.6 Å². The van der Waals surface area contributed by atoms with Gasteiger partial charge in [0.05, 0.1) is 12.8 Å². The molecule has 0 bridgehead atoms. The van der Waals surface area contributed by atoms with Crippen LogP contribution >= 0.6 is 0 Å². The van der Waals surface area contributed by atoms with E-state index in [1.54, 1.807) is 12.1 Å². The van der Waals surface area contributed by atoms with Gasteiger partial charge in [0.1, 0.15) is 5.75 Å². The minimum Gasteiger partial charge on any atom is -0.508 e. The van der Waals surface area contributed by atoms with Crippen LogP contribution in [0.1, 0.15) is 23.3 Å². The van der Waals surface area contributed by atoms with E-state index in [1.165, 1.54) is 25.3 Å². The number of anilines is 3. The van der Waals surface area contributed by atoms with Crippen molar-refractivity contribution in [1.29, 1.82) is 0 Å².